The van der Waals surface area contributed by atoms with E-state index in [1.165, 1.54) is 5.56 Å². The van der Waals surface area contributed by atoms with Gasteiger partial charge in [-0.3, -0.25) is 0 Å². The van der Waals surface area contributed by atoms with E-state index in [0.29, 0.717) is 11.0 Å². The molecule has 0 aliphatic heterocycles. The maximum absolute atomic E-state index is 5.57. The van der Waals surface area contributed by atoms with Crippen molar-refractivity contribution in [1.29, 1.82) is 0 Å². The van der Waals surface area contributed by atoms with E-state index in [2.05, 4.69) is 43.0 Å². The van der Waals surface area contributed by atoms with Gasteiger partial charge in [-0.2, -0.15) is 9.97 Å². The first-order valence-corrected chi connectivity index (χ1v) is 6.77. The first-order chi connectivity index (χ1) is 8.13. The zero-order valence-corrected chi connectivity index (χ0v) is 11.6. The van der Waals surface area contributed by atoms with Crippen LogP contribution in [0.15, 0.2) is 33.9 Å². The van der Waals surface area contributed by atoms with Crippen LogP contribution in [-0.2, 0) is 5.75 Å². The number of nitrogens with two attached hydrogens (primary N) is 1. The molecule has 6 heteroatoms. The third-order valence-corrected chi connectivity index (χ3v) is 3.47. The maximum atomic E-state index is 5.57. The van der Waals surface area contributed by atoms with Crippen LogP contribution < -0.4 is 5.73 Å². The predicted octanol–water partition coefficient (Wildman–Crippen LogP) is 2.82. The summed E-state index contributed by atoms with van der Waals surface area (Å²) in [6, 6.07) is 8.16. The Bertz CT molecular complexity index is 495. The monoisotopic (exact) mass is 310 g/mol. The summed E-state index contributed by atoms with van der Waals surface area (Å²) in [5, 5.41) is 0.665. The summed E-state index contributed by atoms with van der Waals surface area (Å²) in [6.07, 6.45) is 0. The molecule has 0 saturated carbocycles. The second-order valence-corrected chi connectivity index (χ2v) is 5.30. The van der Waals surface area contributed by atoms with Crippen molar-refractivity contribution in [2.24, 2.45) is 0 Å². The van der Waals surface area contributed by atoms with Gasteiger partial charge >= 0.3 is 0 Å². The fourth-order valence-electron chi connectivity index (χ4n) is 1.27. The lowest BCUT2D eigenvalue weighted by molar-refractivity contribution is 0.870. The normalized spacial score (nSPS) is 10.5. The molecule has 0 unspecified atom stereocenters. The van der Waals surface area contributed by atoms with Crippen LogP contribution in [0.3, 0.4) is 0 Å². The minimum Gasteiger partial charge on any atom is -0.368 e. The number of nitrogen functional groups attached to an aromatic ring is 1. The Kier molecular flexibility index (Phi) is 3.96. The fraction of sp³-hybridized carbons (Fsp3) is 0.182. The van der Waals surface area contributed by atoms with E-state index < -0.39 is 0 Å². The number of nitrogens with zero attached hydrogens (tertiary/aromatic N) is 3. The average Bonchev–Trinajstić information content (AvgIpc) is 2.27. The molecule has 0 spiro atoms. The van der Waals surface area contributed by atoms with Gasteiger partial charge < -0.3 is 5.73 Å². The largest absolute Gasteiger partial charge is 0.368 e. The Hall–Kier alpha value is -1.14. The van der Waals surface area contributed by atoms with Gasteiger partial charge in [-0.15, -0.1) is 0 Å². The molecule has 88 valence electrons. The van der Waals surface area contributed by atoms with Crippen LogP contribution in [0.2, 0.25) is 0 Å². The number of anilines is 1. The number of thioether (sulfide) groups is 1. The van der Waals surface area contributed by atoms with Crippen LogP contribution in [0.25, 0.3) is 0 Å². The lowest BCUT2D eigenvalue weighted by Crippen LogP contribution is -2.01. The molecule has 0 aliphatic rings. The zero-order valence-electron chi connectivity index (χ0n) is 9.22. The first kappa shape index (κ1) is 12.3. The number of hydrogen-bond acceptors (Lipinski definition) is 5. The molecule has 0 fully saturated rings. The molecule has 1 aromatic heterocycles. The summed E-state index contributed by atoms with van der Waals surface area (Å²) >= 11 is 4.95. The second kappa shape index (κ2) is 5.46. The average molecular weight is 311 g/mol. The molecule has 0 bridgehead atoms. The molecule has 0 amide bonds. The first-order valence-electron chi connectivity index (χ1n) is 4.99. The summed E-state index contributed by atoms with van der Waals surface area (Å²) < 4.78 is 1.08. The van der Waals surface area contributed by atoms with E-state index in [-0.39, 0.29) is 5.95 Å². The smallest absolute Gasteiger partial charge is 0.224 e. The summed E-state index contributed by atoms with van der Waals surface area (Å²) in [6.45, 7) is 1.81. The van der Waals surface area contributed by atoms with Crippen LogP contribution in [0.5, 0.6) is 0 Å². The molecular formula is C11H11BrN4S. The Labute approximate surface area is 112 Å². The molecule has 1 heterocycles. The van der Waals surface area contributed by atoms with Gasteiger partial charge in [-0.05, 0) is 24.6 Å². The topological polar surface area (TPSA) is 64.7 Å². The number of benzene rings is 1. The van der Waals surface area contributed by atoms with Gasteiger partial charge in [0.25, 0.3) is 0 Å². The number of hydrogen-bond donors (Lipinski definition) is 1. The maximum Gasteiger partial charge on any atom is 0.224 e. The van der Waals surface area contributed by atoms with E-state index in [9.17, 15) is 0 Å². The number of rotatable bonds is 3. The summed E-state index contributed by atoms with van der Waals surface area (Å²) in [5.74, 6) is 1.74. The van der Waals surface area contributed by atoms with Crippen LogP contribution in [-0.4, -0.2) is 15.0 Å². The molecule has 2 N–H and O–H groups in total. The zero-order chi connectivity index (χ0) is 12.3. The fourth-order valence-corrected chi connectivity index (χ4v) is 2.38. The lowest BCUT2D eigenvalue weighted by Gasteiger charge is -2.02. The second-order valence-electron chi connectivity index (χ2n) is 3.44. The molecule has 0 atom stereocenters. The molecule has 0 aliphatic carbocycles. The van der Waals surface area contributed by atoms with Crippen molar-refractivity contribution in [2.75, 3.05) is 5.73 Å². The Balaban J connectivity index is 2.04. The lowest BCUT2D eigenvalue weighted by atomic mass is 10.2. The van der Waals surface area contributed by atoms with E-state index >= 15 is 0 Å². The summed E-state index contributed by atoms with van der Waals surface area (Å²) in [5.41, 5.74) is 6.78. The Morgan fingerprint density at radius 3 is 2.53 bits per heavy atom. The molecular weight excluding hydrogens is 300 g/mol. The van der Waals surface area contributed by atoms with E-state index in [1.54, 1.807) is 11.8 Å². The highest BCUT2D eigenvalue weighted by Gasteiger charge is 2.02. The van der Waals surface area contributed by atoms with E-state index in [1.807, 2.05) is 19.1 Å². The molecule has 1 aromatic carbocycles. The summed E-state index contributed by atoms with van der Waals surface area (Å²) in [7, 11) is 0. The highest BCUT2D eigenvalue weighted by atomic mass is 79.9. The van der Waals surface area contributed by atoms with Gasteiger partial charge in [-0.25, -0.2) is 4.98 Å². The minimum absolute atomic E-state index is 0.274. The Morgan fingerprint density at radius 2 is 1.88 bits per heavy atom. The molecule has 0 radical (unpaired) electrons. The van der Waals surface area contributed by atoms with E-state index in [0.717, 1.165) is 10.2 Å². The van der Waals surface area contributed by atoms with E-state index in [4.69, 9.17) is 5.73 Å². The summed E-state index contributed by atoms with van der Waals surface area (Å²) in [4.78, 5) is 12.2. The molecule has 0 saturated heterocycles. The highest BCUT2D eigenvalue weighted by Crippen LogP contribution is 2.20. The number of aryl methyl sites for hydroxylation is 1. The predicted molar refractivity (Wildman–Crippen MR) is 72.7 cm³/mol. The van der Waals surface area contributed by atoms with Crippen molar-refractivity contribution in [2.45, 2.75) is 17.8 Å². The van der Waals surface area contributed by atoms with Crippen molar-refractivity contribution >= 4 is 33.6 Å². The Morgan fingerprint density at radius 1 is 1.18 bits per heavy atom. The standard InChI is InChI=1S/C11H11BrN4S/c1-7-14-10(13)16-11(15-7)17-6-8-2-4-9(12)5-3-8/h2-5H,6H2,1H3,(H2,13,14,15,16). The van der Waals surface area contributed by atoms with Crippen LogP contribution in [0.4, 0.5) is 5.95 Å². The van der Waals surface area contributed by atoms with Gasteiger partial charge in [-0.1, -0.05) is 39.8 Å². The number of aromatic nitrogens is 3. The van der Waals surface area contributed by atoms with Gasteiger partial charge in [0.2, 0.25) is 5.95 Å². The third-order valence-electron chi connectivity index (χ3n) is 2.03. The molecule has 4 nitrogen and oxygen atoms in total. The van der Waals surface area contributed by atoms with Crippen LogP contribution in [0, 0.1) is 6.92 Å². The highest BCUT2D eigenvalue weighted by molar-refractivity contribution is 9.10. The van der Waals surface area contributed by atoms with Crippen molar-refractivity contribution < 1.29 is 0 Å². The SMILES string of the molecule is Cc1nc(N)nc(SCc2ccc(Br)cc2)n1. The molecule has 2 rings (SSSR count). The van der Waals surface area contributed by atoms with Crippen molar-refractivity contribution in [3.8, 4) is 0 Å². The van der Waals surface area contributed by atoms with Gasteiger partial charge in [0.05, 0.1) is 0 Å². The quantitative estimate of drug-likeness (QED) is 0.883. The minimum atomic E-state index is 0.274. The van der Waals surface area contributed by atoms with Crippen molar-refractivity contribution in [3.63, 3.8) is 0 Å². The van der Waals surface area contributed by atoms with Crippen molar-refractivity contribution in [1.82, 2.24) is 15.0 Å². The van der Waals surface area contributed by atoms with Crippen LogP contribution >= 0.6 is 27.7 Å². The molecule has 2 aromatic rings. The van der Waals surface area contributed by atoms with Crippen LogP contribution in [0.1, 0.15) is 11.4 Å². The third kappa shape index (κ3) is 3.67. The van der Waals surface area contributed by atoms with Crippen molar-refractivity contribution in [3.05, 3.63) is 40.1 Å². The van der Waals surface area contributed by atoms with Gasteiger partial charge in [0, 0.05) is 10.2 Å². The molecule has 17 heavy (non-hydrogen) atoms. The van der Waals surface area contributed by atoms with Gasteiger partial charge in [0.1, 0.15) is 5.82 Å². The number of halogens is 1. The van der Waals surface area contributed by atoms with Gasteiger partial charge in [0.15, 0.2) is 5.16 Å².